The van der Waals surface area contributed by atoms with Crippen molar-refractivity contribution in [1.82, 2.24) is 5.32 Å². The number of nitrogens with two attached hydrogens (primary N) is 1. The summed E-state index contributed by atoms with van der Waals surface area (Å²) in [6, 6.07) is 0. The molecule has 5 atom stereocenters. The number of hydrogen-bond acceptors (Lipinski definition) is 6. The molecule has 7 nitrogen and oxygen atoms in total. The van der Waals surface area contributed by atoms with E-state index in [0.29, 0.717) is 43.8 Å². The molecule has 0 radical (unpaired) electrons. The molecule has 0 saturated heterocycles. The van der Waals surface area contributed by atoms with Crippen molar-refractivity contribution in [2.45, 2.75) is 140 Å². The van der Waals surface area contributed by atoms with Gasteiger partial charge in [0.2, 0.25) is 0 Å². The molecule has 1 heterocycles. The fourth-order valence-corrected chi connectivity index (χ4v) is 6.02. The second-order valence-corrected chi connectivity index (χ2v) is 11.7. The van der Waals surface area contributed by atoms with E-state index >= 15 is 0 Å². The van der Waals surface area contributed by atoms with Crippen LogP contribution >= 0.6 is 0 Å². The van der Waals surface area contributed by atoms with Crippen molar-refractivity contribution in [2.24, 2.45) is 17.6 Å². The van der Waals surface area contributed by atoms with Crippen LogP contribution in [0.15, 0.2) is 23.5 Å². The number of hydrogen-bond donors (Lipinski definition) is 6. The Kier molecular flexibility index (Phi) is 14.6. The van der Waals surface area contributed by atoms with Crippen LogP contribution in [0.3, 0.4) is 0 Å². The molecule has 0 bridgehead atoms. The maximum atomic E-state index is 11.8. The Hall–Kier alpha value is -1.57. The molecule has 1 fully saturated rings. The van der Waals surface area contributed by atoms with Crippen LogP contribution in [0, 0.1) is 11.8 Å². The van der Waals surface area contributed by atoms with Crippen LogP contribution in [0.4, 0.5) is 0 Å². The molecule has 2 rings (SSSR count). The minimum atomic E-state index is -0.954. The molecule has 0 aromatic rings. The van der Waals surface area contributed by atoms with Gasteiger partial charge in [0.05, 0.1) is 29.5 Å². The summed E-state index contributed by atoms with van der Waals surface area (Å²) in [5.41, 5.74) is 6.24. The molecule has 2 aliphatic rings. The third kappa shape index (κ3) is 12.7. The second kappa shape index (κ2) is 17.1. The van der Waals surface area contributed by atoms with Gasteiger partial charge in [-0.2, -0.15) is 0 Å². The minimum absolute atomic E-state index is 0.220. The Bertz CT molecular complexity index is 725. The van der Waals surface area contributed by atoms with Gasteiger partial charge in [0.15, 0.2) is 0 Å². The van der Waals surface area contributed by atoms with E-state index in [1.807, 2.05) is 6.08 Å². The first-order valence-corrected chi connectivity index (χ1v) is 14.9. The highest BCUT2D eigenvalue weighted by Gasteiger charge is 2.38. The number of rotatable bonds is 20. The monoisotopic (exact) mass is 522 g/mol. The summed E-state index contributed by atoms with van der Waals surface area (Å²) in [6.45, 7) is 2.94. The minimum Gasteiger partial charge on any atom is -0.481 e. The second-order valence-electron chi connectivity index (χ2n) is 11.7. The van der Waals surface area contributed by atoms with E-state index in [9.17, 15) is 25.2 Å². The Morgan fingerprint density at radius 3 is 2.32 bits per heavy atom. The van der Waals surface area contributed by atoms with Crippen LogP contribution in [0.5, 0.6) is 0 Å². The Balaban J connectivity index is 1.61. The summed E-state index contributed by atoms with van der Waals surface area (Å²) >= 11 is 0. The van der Waals surface area contributed by atoms with E-state index in [2.05, 4.69) is 18.3 Å². The van der Waals surface area contributed by atoms with Gasteiger partial charge in [-0.05, 0) is 75.4 Å². The quantitative estimate of drug-likeness (QED) is 0.122. The molecular weight excluding hydrogens is 468 g/mol. The number of carboxylic acids is 1. The molecule has 1 aliphatic heterocycles. The van der Waals surface area contributed by atoms with Crippen LogP contribution in [0.25, 0.3) is 0 Å². The number of dihydropyridines is 1. The van der Waals surface area contributed by atoms with Gasteiger partial charge in [-0.25, -0.2) is 0 Å². The smallest absolute Gasteiger partial charge is 0.309 e. The highest BCUT2D eigenvalue weighted by Crippen LogP contribution is 2.41. The highest BCUT2D eigenvalue weighted by atomic mass is 16.4. The molecular formula is C30H54N2O5. The number of nitrogens with one attached hydrogen (secondary N) is 1. The summed E-state index contributed by atoms with van der Waals surface area (Å²) in [7, 11) is 0. The average molecular weight is 523 g/mol. The predicted octanol–water partition coefficient (Wildman–Crippen LogP) is 5.14. The Labute approximate surface area is 224 Å². The lowest BCUT2D eigenvalue weighted by Crippen LogP contribution is -2.32. The number of allylic oxidation sites excluding steroid dienone is 2. The number of carboxylic acid groups (broad SMARTS) is 1. The van der Waals surface area contributed by atoms with E-state index in [1.54, 1.807) is 0 Å². The largest absolute Gasteiger partial charge is 0.481 e. The lowest BCUT2D eigenvalue weighted by molar-refractivity contribution is -0.146. The first-order valence-electron chi connectivity index (χ1n) is 14.9. The maximum Gasteiger partial charge on any atom is 0.309 e. The number of unbranched alkanes of at least 4 members (excludes halogenated alkanes) is 7. The van der Waals surface area contributed by atoms with E-state index in [4.69, 9.17) is 5.73 Å². The fraction of sp³-hybridized carbons (Fsp3) is 0.833. The van der Waals surface area contributed by atoms with Gasteiger partial charge in [-0.3, -0.25) is 4.79 Å². The maximum absolute atomic E-state index is 11.8. The van der Waals surface area contributed by atoms with E-state index < -0.39 is 23.6 Å². The van der Waals surface area contributed by atoms with Gasteiger partial charge in [0.1, 0.15) is 0 Å². The molecule has 0 unspecified atom stereocenters. The number of aliphatic hydroxyl groups excluding tert-OH is 2. The zero-order chi connectivity index (χ0) is 27.1. The zero-order valence-corrected chi connectivity index (χ0v) is 23.2. The van der Waals surface area contributed by atoms with E-state index in [1.165, 1.54) is 31.3 Å². The third-order valence-corrected chi connectivity index (χ3v) is 8.35. The fourth-order valence-electron chi connectivity index (χ4n) is 6.02. The van der Waals surface area contributed by atoms with Crippen molar-refractivity contribution in [1.29, 1.82) is 0 Å². The third-order valence-electron chi connectivity index (χ3n) is 8.35. The molecule has 0 aromatic carbocycles. The van der Waals surface area contributed by atoms with Crippen LogP contribution in [0.1, 0.15) is 122 Å². The first kappa shape index (κ1) is 31.6. The molecule has 7 N–H and O–H groups in total. The molecule has 1 saturated carbocycles. The van der Waals surface area contributed by atoms with Gasteiger partial charge in [0.25, 0.3) is 0 Å². The summed E-state index contributed by atoms with van der Waals surface area (Å²) in [4.78, 5) is 11.8. The summed E-state index contributed by atoms with van der Waals surface area (Å²) < 4.78 is 0. The van der Waals surface area contributed by atoms with Crippen molar-refractivity contribution in [3.63, 3.8) is 0 Å². The summed E-state index contributed by atoms with van der Waals surface area (Å²) in [6.07, 6.45) is 18.7. The topological polar surface area (TPSA) is 136 Å². The Morgan fingerprint density at radius 1 is 1.05 bits per heavy atom. The molecule has 1 aliphatic carbocycles. The number of aliphatic hydroxyl groups is 3. The van der Waals surface area contributed by atoms with Crippen molar-refractivity contribution in [3.05, 3.63) is 23.5 Å². The van der Waals surface area contributed by atoms with Gasteiger partial charge < -0.3 is 31.5 Å². The molecule has 214 valence electrons. The molecule has 0 amide bonds. The van der Waals surface area contributed by atoms with Crippen LogP contribution in [0.2, 0.25) is 0 Å². The van der Waals surface area contributed by atoms with Gasteiger partial charge in [0, 0.05) is 6.54 Å². The number of carbonyl (C=O) groups is 1. The first-order chi connectivity index (χ1) is 17.7. The van der Waals surface area contributed by atoms with E-state index in [0.717, 1.165) is 64.3 Å². The van der Waals surface area contributed by atoms with Gasteiger partial charge in [-0.1, -0.05) is 70.8 Å². The van der Waals surface area contributed by atoms with Gasteiger partial charge >= 0.3 is 5.97 Å². The van der Waals surface area contributed by atoms with Crippen molar-refractivity contribution < 1.29 is 25.2 Å². The lowest BCUT2D eigenvalue weighted by atomic mass is 9.86. The Morgan fingerprint density at radius 2 is 1.70 bits per heavy atom. The van der Waals surface area contributed by atoms with E-state index in [-0.39, 0.29) is 6.10 Å². The van der Waals surface area contributed by atoms with Gasteiger partial charge in [-0.15, -0.1) is 0 Å². The lowest BCUT2D eigenvalue weighted by Gasteiger charge is -2.26. The van der Waals surface area contributed by atoms with Crippen molar-refractivity contribution in [2.75, 3.05) is 6.54 Å². The molecule has 37 heavy (non-hydrogen) atoms. The van der Waals surface area contributed by atoms with Crippen LogP contribution < -0.4 is 11.1 Å². The SMILES string of the molecule is CCCCCCC[C@H](O)CCCCCC[C@H](C(=O)O)[C@H](O)CC[C@]1(O)CC[C@@H](CC2=CCNC(N)=C2)C1. The standard InChI is InChI=1S/C30H54N2O5/c1-2-3-4-5-8-11-25(33)12-9-6-7-10-13-26(29(35)36)27(34)15-18-30(37)17-14-24(22-30)20-23-16-19-32-28(31)21-23/h16,21,24-27,32-34,37H,2-15,17-20,22,31H2,1H3,(H,35,36)/t24-,25-,26-,27+,30+/m0/s1. The molecule has 0 aromatic heterocycles. The summed E-state index contributed by atoms with van der Waals surface area (Å²) in [5, 5.41) is 44.6. The predicted molar refractivity (Wildman–Crippen MR) is 149 cm³/mol. The van der Waals surface area contributed by atoms with Crippen molar-refractivity contribution >= 4 is 5.97 Å². The molecule has 0 spiro atoms. The molecule has 7 heteroatoms. The average Bonchev–Trinajstić information content (AvgIpc) is 3.22. The van der Waals surface area contributed by atoms with Crippen LogP contribution in [-0.4, -0.2) is 50.7 Å². The normalized spacial score (nSPS) is 24.2. The number of aliphatic carboxylic acids is 1. The van der Waals surface area contributed by atoms with Crippen LogP contribution in [-0.2, 0) is 4.79 Å². The summed E-state index contributed by atoms with van der Waals surface area (Å²) in [5.74, 6) is -0.684. The van der Waals surface area contributed by atoms with Crippen molar-refractivity contribution in [3.8, 4) is 0 Å². The zero-order valence-electron chi connectivity index (χ0n) is 23.2. The highest BCUT2D eigenvalue weighted by molar-refractivity contribution is 5.70.